The van der Waals surface area contributed by atoms with Gasteiger partial charge in [-0.15, -0.1) is 10.2 Å². The minimum absolute atomic E-state index is 0.0378. The molecule has 1 heterocycles. The van der Waals surface area contributed by atoms with E-state index in [9.17, 15) is 25.1 Å². The number of carboxylic acids is 1. The van der Waals surface area contributed by atoms with Crippen LogP contribution >= 0.6 is 39.3 Å². The molecular formula is C18H11BrClN3O7S. The van der Waals surface area contributed by atoms with Crippen LogP contribution in [-0.4, -0.2) is 38.4 Å². The summed E-state index contributed by atoms with van der Waals surface area (Å²) in [7, 11) is 1.46. The highest BCUT2D eigenvalue weighted by atomic mass is 79.9. The van der Waals surface area contributed by atoms with Crippen molar-refractivity contribution in [3.05, 3.63) is 60.4 Å². The predicted octanol–water partition coefficient (Wildman–Crippen LogP) is 4.99. The number of aliphatic carboxylic acids is 1. The van der Waals surface area contributed by atoms with Crippen molar-refractivity contribution in [2.75, 3.05) is 7.11 Å². The third-order valence-corrected chi connectivity index (χ3v) is 5.46. The van der Waals surface area contributed by atoms with Gasteiger partial charge in [-0.1, -0.05) is 11.6 Å². The number of halogens is 2. The van der Waals surface area contributed by atoms with E-state index >= 15 is 0 Å². The van der Waals surface area contributed by atoms with Crippen LogP contribution in [-0.2, 0) is 4.79 Å². The number of aromatic nitrogens is 2. The minimum Gasteiger partial charge on any atom is -0.501 e. The maximum absolute atomic E-state index is 11.7. The van der Waals surface area contributed by atoms with Gasteiger partial charge in [-0.25, -0.2) is 4.79 Å². The van der Waals surface area contributed by atoms with Gasteiger partial charge in [0.05, 0.1) is 22.1 Å². The van der Waals surface area contributed by atoms with Crippen LogP contribution in [0.5, 0.6) is 11.5 Å². The van der Waals surface area contributed by atoms with Crippen molar-refractivity contribution in [1.82, 2.24) is 10.2 Å². The monoisotopic (exact) mass is 527 g/mol. The zero-order chi connectivity index (χ0) is 22.7. The standard InChI is InChI=1S/C18H11BrClN3O7S/c1-29-13-3-2-9(20)7-10(13)16-21-22-18(30-16)31-14(17(25)26)6-8-4-11(19)15(24)12(5-8)23(27)28/h2-7,24H,1H3,(H,25,26)/b14-6-. The molecule has 0 spiro atoms. The zero-order valence-corrected chi connectivity index (χ0v) is 18.6. The molecule has 0 unspecified atom stereocenters. The molecule has 0 saturated heterocycles. The van der Waals surface area contributed by atoms with Crippen molar-refractivity contribution in [2.24, 2.45) is 0 Å². The summed E-state index contributed by atoms with van der Waals surface area (Å²) in [5.41, 5.74) is 0.00862. The molecule has 0 radical (unpaired) electrons. The molecule has 3 rings (SSSR count). The van der Waals surface area contributed by atoms with Gasteiger partial charge in [0.15, 0.2) is 0 Å². The first-order valence-corrected chi connectivity index (χ1v) is 10.2. The van der Waals surface area contributed by atoms with Crippen LogP contribution in [0.1, 0.15) is 5.56 Å². The Morgan fingerprint density at radius 1 is 1.35 bits per heavy atom. The van der Waals surface area contributed by atoms with Crippen LogP contribution in [0.2, 0.25) is 5.02 Å². The molecule has 0 aliphatic heterocycles. The average molecular weight is 529 g/mol. The molecule has 0 fully saturated rings. The summed E-state index contributed by atoms with van der Waals surface area (Å²) in [5.74, 6) is -1.39. The molecule has 0 bridgehead atoms. The van der Waals surface area contributed by atoms with E-state index in [2.05, 4.69) is 26.1 Å². The maximum atomic E-state index is 11.7. The number of nitro groups is 1. The topological polar surface area (TPSA) is 149 Å². The number of carbonyl (C=O) groups is 1. The number of carboxylic acid groups (broad SMARTS) is 1. The van der Waals surface area contributed by atoms with Crippen molar-refractivity contribution in [3.8, 4) is 23.0 Å². The number of ether oxygens (including phenoxy) is 1. The molecule has 10 nitrogen and oxygen atoms in total. The number of rotatable bonds is 7. The minimum atomic E-state index is -1.32. The van der Waals surface area contributed by atoms with Crippen LogP contribution in [0, 0.1) is 10.1 Å². The molecule has 160 valence electrons. The van der Waals surface area contributed by atoms with E-state index < -0.39 is 22.3 Å². The fourth-order valence-electron chi connectivity index (χ4n) is 2.41. The lowest BCUT2D eigenvalue weighted by Gasteiger charge is -2.05. The summed E-state index contributed by atoms with van der Waals surface area (Å²) in [6, 6.07) is 7.17. The Kier molecular flexibility index (Phi) is 6.83. The van der Waals surface area contributed by atoms with E-state index in [1.165, 1.54) is 19.3 Å². The first kappa shape index (κ1) is 22.6. The first-order valence-electron chi connectivity index (χ1n) is 8.16. The second-order valence-electron chi connectivity index (χ2n) is 5.76. The number of phenolic OH excluding ortho intramolecular Hbond substituents is 1. The molecule has 0 aliphatic rings. The molecule has 1 aromatic heterocycles. The Balaban J connectivity index is 1.95. The van der Waals surface area contributed by atoms with Gasteiger partial charge >= 0.3 is 11.7 Å². The van der Waals surface area contributed by atoms with E-state index in [-0.39, 0.29) is 26.1 Å². The fraction of sp³-hybridized carbons (Fsp3) is 0.0556. The summed E-state index contributed by atoms with van der Waals surface area (Å²) in [6.45, 7) is 0. The Morgan fingerprint density at radius 3 is 2.74 bits per heavy atom. The number of aromatic hydroxyl groups is 1. The van der Waals surface area contributed by atoms with E-state index in [0.717, 1.165) is 6.07 Å². The number of thioether (sulfide) groups is 1. The predicted molar refractivity (Wildman–Crippen MR) is 115 cm³/mol. The van der Waals surface area contributed by atoms with Crippen molar-refractivity contribution in [2.45, 2.75) is 5.22 Å². The van der Waals surface area contributed by atoms with Crippen LogP contribution in [0.3, 0.4) is 0 Å². The maximum Gasteiger partial charge on any atom is 0.342 e. The van der Waals surface area contributed by atoms with Gasteiger partial charge in [-0.3, -0.25) is 10.1 Å². The summed E-state index contributed by atoms with van der Waals surface area (Å²) in [6.07, 6.45) is 1.17. The largest absolute Gasteiger partial charge is 0.501 e. The summed E-state index contributed by atoms with van der Waals surface area (Å²) >= 11 is 9.65. The number of phenols is 1. The Morgan fingerprint density at radius 2 is 2.10 bits per heavy atom. The summed E-state index contributed by atoms with van der Waals surface area (Å²) < 4.78 is 10.8. The second-order valence-corrected chi connectivity index (χ2v) is 8.05. The van der Waals surface area contributed by atoms with E-state index in [1.807, 2.05) is 0 Å². The van der Waals surface area contributed by atoms with Crippen molar-refractivity contribution in [3.63, 3.8) is 0 Å². The molecule has 0 atom stereocenters. The molecule has 2 N–H and O–H groups in total. The lowest BCUT2D eigenvalue weighted by molar-refractivity contribution is -0.386. The number of methoxy groups -OCH3 is 1. The third-order valence-electron chi connectivity index (χ3n) is 3.77. The molecule has 0 amide bonds. The van der Waals surface area contributed by atoms with Crippen molar-refractivity contribution < 1.29 is 29.1 Å². The Labute approximate surface area is 191 Å². The second kappa shape index (κ2) is 9.37. The number of hydrogen-bond acceptors (Lipinski definition) is 9. The van der Waals surface area contributed by atoms with Crippen LogP contribution in [0.25, 0.3) is 17.5 Å². The highest BCUT2D eigenvalue weighted by Crippen LogP contribution is 2.38. The summed E-state index contributed by atoms with van der Waals surface area (Å²) in [4.78, 5) is 21.7. The van der Waals surface area contributed by atoms with E-state index in [1.54, 1.807) is 18.2 Å². The number of hydrogen-bond donors (Lipinski definition) is 2. The van der Waals surface area contributed by atoms with Gasteiger partial charge in [-0.2, -0.15) is 0 Å². The van der Waals surface area contributed by atoms with Crippen LogP contribution < -0.4 is 4.74 Å². The highest BCUT2D eigenvalue weighted by Gasteiger charge is 2.21. The summed E-state index contributed by atoms with van der Waals surface area (Å²) in [5, 5.41) is 38.4. The molecule has 3 aromatic rings. The lowest BCUT2D eigenvalue weighted by Crippen LogP contribution is -1.97. The smallest absolute Gasteiger partial charge is 0.342 e. The van der Waals surface area contributed by atoms with Gasteiger partial charge in [-0.05, 0) is 63.6 Å². The van der Waals surface area contributed by atoms with Crippen molar-refractivity contribution in [1.29, 1.82) is 0 Å². The van der Waals surface area contributed by atoms with Gasteiger partial charge < -0.3 is 19.4 Å². The average Bonchev–Trinajstić information content (AvgIpc) is 3.18. The molecule has 0 aliphatic carbocycles. The van der Waals surface area contributed by atoms with Crippen molar-refractivity contribution >= 4 is 57.0 Å². The fourth-order valence-corrected chi connectivity index (χ4v) is 3.73. The molecule has 2 aromatic carbocycles. The van der Waals surface area contributed by atoms with E-state index in [0.29, 0.717) is 28.1 Å². The quantitative estimate of drug-likeness (QED) is 0.186. The molecule has 31 heavy (non-hydrogen) atoms. The SMILES string of the molecule is COc1ccc(Cl)cc1-c1nnc(S/C(=C\c2cc(Br)c(O)c([N+](=O)[O-])c2)C(=O)O)o1. The van der Waals surface area contributed by atoms with Gasteiger partial charge in [0.1, 0.15) is 10.7 Å². The van der Waals surface area contributed by atoms with Crippen LogP contribution in [0.15, 0.2) is 49.3 Å². The van der Waals surface area contributed by atoms with Gasteiger partial charge in [0.25, 0.3) is 11.1 Å². The number of nitro benzene ring substituents is 1. The highest BCUT2D eigenvalue weighted by molar-refractivity contribution is 9.10. The Bertz CT molecular complexity index is 1210. The first-order chi connectivity index (χ1) is 14.7. The molecule has 0 saturated carbocycles. The number of nitrogens with zero attached hydrogens (tertiary/aromatic N) is 3. The van der Waals surface area contributed by atoms with Crippen LogP contribution in [0.4, 0.5) is 5.69 Å². The third kappa shape index (κ3) is 5.16. The zero-order valence-electron chi connectivity index (χ0n) is 15.4. The van der Waals surface area contributed by atoms with Gasteiger partial charge in [0.2, 0.25) is 5.75 Å². The molecular weight excluding hydrogens is 518 g/mol. The molecule has 13 heteroatoms. The van der Waals surface area contributed by atoms with Gasteiger partial charge in [0, 0.05) is 11.1 Å². The Hall–Kier alpha value is -3.09. The lowest BCUT2D eigenvalue weighted by atomic mass is 10.1. The van der Waals surface area contributed by atoms with E-state index in [4.69, 9.17) is 20.8 Å². The normalized spacial score (nSPS) is 11.4. The number of benzene rings is 2.